The van der Waals surface area contributed by atoms with E-state index >= 15 is 0 Å². The maximum absolute atomic E-state index is 12.8. The Kier molecular flexibility index (Phi) is 6.72. The van der Waals surface area contributed by atoms with Gasteiger partial charge in [-0.2, -0.15) is 0 Å². The summed E-state index contributed by atoms with van der Waals surface area (Å²) in [5, 5.41) is 3.03. The Morgan fingerprint density at radius 1 is 1.04 bits per heavy atom. The molecule has 1 saturated carbocycles. The lowest BCUT2D eigenvalue weighted by Gasteiger charge is -2.27. The van der Waals surface area contributed by atoms with Crippen LogP contribution in [0.3, 0.4) is 0 Å². The van der Waals surface area contributed by atoms with Crippen molar-refractivity contribution >= 4 is 17.6 Å². The Labute approximate surface area is 162 Å². The number of urea groups is 1. The highest BCUT2D eigenvalue weighted by Gasteiger charge is 2.26. The van der Waals surface area contributed by atoms with Crippen molar-refractivity contribution in [2.75, 3.05) is 45.6 Å². The number of rotatable bonds is 4. The van der Waals surface area contributed by atoms with Gasteiger partial charge in [0.1, 0.15) is 0 Å². The van der Waals surface area contributed by atoms with Gasteiger partial charge in [0.05, 0.1) is 6.42 Å². The van der Waals surface area contributed by atoms with Gasteiger partial charge in [0.2, 0.25) is 5.91 Å². The topological polar surface area (TPSA) is 55.9 Å². The highest BCUT2D eigenvalue weighted by atomic mass is 16.2. The van der Waals surface area contributed by atoms with Crippen LogP contribution in [0.1, 0.15) is 37.7 Å². The number of para-hydroxylation sites is 1. The smallest absolute Gasteiger partial charge is 0.321 e. The van der Waals surface area contributed by atoms with Crippen molar-refractivity contribution in [1.29, 1.82) is 0 Å². The number of benzene rings is 1. The molecule has 0 spiro atoms. The Morgan fingerprint density at radius 2 is 1.78 bits per heavy atom. The third-order valence-electron chi connectivity index (χ3n) is 5.76. The van der Waals surface area contributed by atoms with E-state index in [1.807, 2.05) is 29.2 Å². The normalized spacial score (nSPS) is 19.0. The second kappa shape index (κ2) is 9.22. The number of hydrogen-bond acceptors (Lipinski definition) is 3. The molecule has 0 atom stereocenters. The van der Waals surface area contributed by atoms with Crippen LogP contribution in [0, 0.1) is 0 Å². The fraction of sp³-hybridized carbons (Fsp3) is 0.619. The molecule has 1 aliphatic carbocycles. The zero-order chi connectivity index (χ0) is 19.2. The van der Waals surface area contributed by atoms with Crippen LogP contribution in [0.5, 0.6) is 0 Å². The number of anilines is 1. The van der Waals surface area contributed by atoms with Crippen LogP contribution in [0.4, 0.5) is 10.5 Å². The second-order valence-corrected chi connectivity index (χ2v) is 7.87. The third kappa shape index (κ3) is 5.22. The molecule has 1 N–H and O–H groups in total. The van der Waals surface area contributed by atoms with E-state index in [1.165, 1.54) is 25.7 Å². The van der Waals surface area contributed by atoms with Gasteiger partial charge < -0.3 is 15.1 Å². The minimum Gasteiger partial charge on any atom is -0.349 e. The van der Waals surface area contributed by atoms with Crippen LogP contribution in [0.2, 0.25) is 0 Å². The van der Waals surface area contributed by atoms with Crippen LogP contribution in [0.25, 0.3) is 0 Å². The SMILES string of the molecule is CN(C)C(=O)Cc1ccccc1NC(=O)N1CCCN(C2CCCC2)CC1. The molecule has 1 aliphatic heterocycles. The van der Waals surface area contributed by atoms with Crippen LogP contribution < -0.4 is 5.32 Å². The monoisotopic (exact) mass is 372 g/mol. The van der Waals surface area contributed by atoms with E-state index in [9.17, 15) is 9.59 Å². The first kappa shape index (κ1) is 19.7. The fourth-order valence-electron chi connectivity index (χ4n) is 4.09. The van der Waals surface area contributed by atoms with Crippen molar-refractivity contribution in [3.8, 4) is 0 Å². The van der Waals surface area contributed by atoms with Gasteiger partial charge in [-0.3, -0.25) is 9.69 Å². The molecule has 6 heteroatoms. The first-order chi connectivity index (χ1) is 13.0. The van der Waals surface area contributed by atoms with Gasteiger partial charge in [-0.25, -0.2) is 4.79 Å². The predicted octanol–water partition coefficient (Wildman–Crippen LogP) is 2.80. The summed E-state index contributed by atoms with van der Waals surface area (Å²) in [4.78, 5) is 30.9. The number of carbonyl (C=O) groups excluding carboxylic acids is 2. The number of hydrogen-bond donors (Lipinski definition) is 1. The molecule has 0 unspecified atom stereocenters. The maximum atomic E-state index is 12.8. The van der Waals surface area contributed by atoms with E-state index < -0.39 is 0 Å². The van der Waals surface area contributed by atoms with E-state index in [-0.39, 0.29) is 11.9 Å². The summed E-state index contributed by atoms with van der Waals surface area (Å²) in [6.45, 7) is 3.59. The summed E-state index contributed by atoms with van der Waals surface area (Å²) in [6, 6.07) is 8.22. The van der Waals surface area contributed by atoms with Crippen LogP contribution in [-0.4, -0.2) is 73.0 Å². The van der Waals surface area contributed by atoms with E-state index in [1.54, 1.807) is 19.0 Å². The Bertz CT molecular complexity index is 655. The summed E-state index contributed by atoms with van der Waals surface area (Å²) in [7, 11) is 3.49. The highest BCUT2D eigenvalue weighted by Crippen LogP contribution is 2.24. The molecule has 0 aromatic heterocycles. The Balaban J connectivity index is 1.59. The van der Waals surface area contributed by atoms with E-state index in [0.29, 0.717) is 12.5 Å². The molecule has 1 heterocycles. The van der Waals surface area contributed by atoms with Crippen molar-refractivity contribution < 1.29 is 9.59 Å². The van der Waals surface area contributed by atoms with Gasteiger partial charge in [-0.1, -0.05) is 31.0 Å². The fourth-order valence-corrected chi connectivity index (χ4v) is 4.09. The zero-order valence-electron chi connectivity index (χ0n) is 16.6. The highest BCUT2D eigenvalue weighted by molar-refractivity contribution is 5.91. The molecule has 0 radical (unpaired) electrons. The molecule has 6 nitrogen and oxygen atoms in total. The number of nitrogens with one attached hydrogen (secondary N) is 1. The molecule has 0 bridgehead atoms. The lowest BCUT2D eigenvalue weighted by Crippen LogP contribution is -2.40. The number of carbonyl (C=O) groups is 2. The molecule has 2 fully saturated rings. The first-order valence-corrected chi connectivity index (χ1v) is 10.1. The van der Waals surface area contributed by atoms with E-state index in [0.717, 1.165) is 43.9 Å². The average molecular weight is 373 g/mol. The molecule has 3 amide bonds. The van der Waals surface area contributed by atoms with Gasteiger partial charge in [0.15, 0.2) is 0 Å². The standard InChI is InChI=1S/C21H32N4O2/c1-23(2)20(26)16-17-8-3-6-11-19(17)22-21(27)25-13-7-12-24(14-15-25)18-9-4-5-10-18/h3,6,8,11,18H,4-5,7,9-10,12-16H2,1-2H3,(H,22,27). The van der Waals surface area contributed by atoms with Crippen molar-refractivity contribution in [2.45, 2.75) is 44.6 Å². The zero-order valence-corrected chi connectivity index (χ0v) is 16.6. The first-order valence-electron chi connectivity index (χ1n) is 10.1. The summed E-state index contributed by atoms with van der Waals surface area (Å²) in [5.41, 5.74) is 1.58. The number of nitrogens with zero attached hydrogens (tertiary/aromatic N) is 3. The predicted molar refractivity (Wildman–Crippen MR) is 108 cm³/mol. The lowest BCUT2D eigenvalue weighted by atomic mass is 10.1. The summed E-state index contributed by atoms with van der Waals surface area (Å²) >= 11 is 0. The molecular weight excluding hydrogens is 340 g/mol. The van der Waals surface area contributed by atoms with Gasteiger partial charge >= 0.3 is 6.03 Å². The van der Waals surface area contributed by atoms with Crippen LogP contribution in [0.15, 0.2) is 24.3 Å². The summed E-state index contributed by atoms with van der Waals surface area (Å²) in [5.74, 6) is 0.0266. The minimum absolute atomic E-state index is 0.0266. The molecular formula is C21H32N4O2. The molecule has 148 valence electrons. The lowest BCUT2D eigenvalue weighted by molar-refractivity contribution is -0.127. The third-order valence-corrected chi connectivity index (χ3v) is 5.76. The molecule has 1 saturated heterocycles. The maximum Gasteiger partial charge on any atom is 0.321 e. The van der Waals surface area contributed by atoms with Crippen molar-refractivity contribution in [1.82, 2.24) is 14.7 Å². The second-order valence-electron chi connectivity index (χ2n) is 7.87. The summed E-state index contributed by atoms with van der Waals surface area (Å²) < 4.78 is 0. The van der Waals surface area contributed by atoms with Gasteiger partial charge in [0, 0.05) is 52.0 Å². The quantitative estimate of drug-likeness (QED) is 0.884. The van der Waals surface area contributed by atoms with Gasteiger partial charge in [-0.15, -0.1) is 0 Å². The molecule has 27 heavy (non-hydrogen) atoms. The van der Waals surface area contributed by atoms with Crippen molar-refractivity contribution in [3.63, 3.8) is 0 Å². The minimum atomic E-state index is -0.0620. The van der Waals surface area contributed by atoms with E-state index in [2.05, 4.69) is 10.2 Å². The van der Waals surface area contributed by atoms with E-state index in [4.69, 9.17) is 0 Å². The molecule has 1 aromatic rings. The number of likely N-dealkylation sites (N-methyl/N-ethyl adjacent to an activating group) is 1. The number of amides is 3. The van der Waals surface area contributed by atoms with Crippen molar-refractivity contribution in [3.05, 3.63) is 29.8 Å². The van der Waals surface area contributed by atoms with Crippen LogP contribution >= 0.6 is 0 Å². The molecule has 2 aliphatic rings. The Hall–Kier alpha value is -2.08. The average Bonchev–Trinajstić information content (AvgIpc) is 3.07. The molecule has 1 aromatic carbocycles. The van der Waals surface area contributed by atoms with Gasteiger partial charge in [0.25, 0.3) is 0 Å². The molecule has 3 rings (SSSR count). The summed E-state index contributed by atoms with van der Waals surface area (Å²) in [6.07, 6.45) is 6.60. The van der Waals surface area contributed by atoms with Crippen LogP contribution in [-0.2, 0) is 11.2 Å². The van der Waals surface area contributed by atoms with Gasteiger partial charge in [-0.05, 0) is 30.9 Å². The Morgan fingerprint density at radius 3 is 2.52 bits per heavy atom. The van der Waals surface area contributed by atoms with Crippen molar-refractivity contribution in [2.24, 2.45) is 0 Å². The largest absolute Gasteiger partial charge is 0.349 e.